The zero-order chi connectivity index (χ0) is 24.1. The number of rotatable bonds is 7. The normalized spacial score (nSPS) is 12.6. The van der Waals surface area contributed by atoms with Crippen molar-refractivity contribution < 1.29 is 33.3 Å². The van der Waals surface area contributed by atoms with Crippen LogP contribution in [0.2, 0.25) is 0 Å². The van der Waals surface area contributed by atoms with Gasteiger partial charge in [0.15, 0.2) is 6.61 Å². The van der Waals surface area contributed by atoms with Crippen molar-refractivity contribution in [2.24, 2.45) is 0 Å². The topological polar surface area (TPSA) is 85.3 Å². The molecule has 0 aromatic heterocycles. The predicted octanol–water partition coefficient (Wildman–Crippen LogP) is 4.66. The number of carbonyl (C=O) groups is 2. The highest BCUT2D eigenvalue weighted by Crippen LogP contribution is 2.38. The Morgan fingerprint density at radius 1 is 1.03 bits per heavy atom. The largest absolute Gasteiger partial charge is 0.496 e. The standard InChI is InChI=1S/C26H24FNO6/c1-32-24-13-18(33-16-25(29)30)7-8-21(24)19-9-10-23(27)20-11-12-28(14-22(19)20)26(31)34-15-17-5-3-2-4-6-17/h2-10,13H,11-12,14-16H2,1H3,(H,29,30). The molecule has 0 radical (unpaired) electrons. The molecule has 1 amide bonds. The van der Waals surface area contributed by atoms with Gasteiger partial charge in [-0.25, -0.2) is 14.0 Å². The summed E-state index contributed by atoms with van der Waals surface area (Å²) in [5.41, 5.74) is 3.52. The van der Waals surface area contributed by atoms with Crippen LogP contribution in [0.1, 0.15) is 16.7 Å². The fourth-order valence-electron chi connectivity index (χ4n) is 3.98. The lowest BCUT2D eigenvalue weighted by molar-refractivity contribution is -0.139. The minimum atomic E-state index is -1.09. The van der Waals surface area contributed by atoms with Crippen LogP contribution >= 0.6 is 0 Å². The summed E-state index contributed by atoms with van der Waals surface area (Å²) in [6.45, 7) is 0.218. The Hall–Kier alpha value is -4.07. The number of ether oxygens (including phenoxy) is 3. The third-order valence-electron chi connectivity index (χ3n) is 5.64. The number of carboxylic acids is 1. The van der Waals surface area contributed by atoms with Crippen molar-refractivity contribution in [1.29, 1.82) is 0 Å². The highest BCUT2D eigenvalue weighted by molar-refractivity contribution is 5.77. The average Bonchev–Trinajstić information content (AvgIpc) is 2.86. The van der Waals surface area contributed by atoms with E-state index in [0.717, 1.165) is 11.1 Å². The van der Waals surface area contributed by atoms with Gasteiger partial charge in [-0.1, -0.05) is 36.4 Å². The van der Waals surface area contributed by atoms with Crippen LogP contribution in [0.15, 0.2) is 60.7 Å². The molecule has 0 aliphatic carbocycles. The average molecular weight is 465 g/mol. The molecule has 1 N–H and O–H groups in total. The Morgan fingerprint density at radius 3 is 2.53 bits per heavy atom. The first-order chi connectivity index (χ1) is 16.5. The molecule has 0 saturated heterocycles. The van der Waals surface area contributed by atoms with Gasteiger partial charge in [0, 0.05) is 24.7 Å². The maximum atomic E-state index is 14.6. The number of fused-ring (bicyclic) bond motifs is 1. The molecule has 7 nitrogen and oxygen atoms in total. The molecule has 34 heavy (non-hydrogen) atoms. The predicted molar refractivity (Wildman–Crippen MR) is 122 cm³/mol. The summed E-state index contributed by atoms with van der Waals surface area (Å²) in [4.78, 5) is 25.1. The van der Waals surface area contributed by atoms with E-state index in [0.29, 0.717) is 41.2 Å². The smallest absolute Gasteiger partial charge is 0.410 e. The number of hydrogen-bond donors (Lipinski definition) is 1. The van der Waals surface area contributed by atoms with E-state index in [1.807, 2.05) is 30.3 Å². The van der Waals surface area contributed by atoms with E-state index in [2.05, 4.69) is 0 Å². The molecule has 8 heteroatoms. The first-order valence-corrected chi connectivity index (χ1v) is 10.7. The zero-order valence-electron chi connectivity index (χ0n) is 18.6. The minimum Gasteiger partial charge on any atom is -0.496 e. The molecule has 3 aromatic rings. The van der Waals surface area contributed by atoms with E-state index in [4.69, 9.17) is 19.3 Å². The van der Waals surface area contributed by atoms with E-state index >= 15 is 0 Å². The van der Waals surface area contributed by atoms with Gasteiger partial charge in [-0.15, -0.1) is 0 Å². The molecule has 176 valence electrons. The van der Waals surface area contributed by atoms with Gasteiger partial charge in [0.25, 0.3) is 0 Å². The molecule has 0 unspecified atom stereocenters. The Morgan fingerprint density at radius 2 is 1.79 bits per heavy atom. The zero-order valence-corrected chi connectivity index (χ0v) is 18.6. The number of benzene rings is 3. The number of carboxylic acid groups (broad SMARTS) is 1. The SMILES string of the molecule is COc1cc(OCC(=O)O)ccc1-c1ccc(F)c2c1CN(C(=O)OCc1ccccc1)CC2. The van der Waals surface area contributed by atoms with Crippen LogP contribution < -0.4 is 9.47 Å². The fraction of sp³-hybridized carbons (Fsp3) is 0.231. The Balaban J connectivity index is 1.59. The lowest BCUT2D eigenvalue weighted by Crippen LogP contribution is -2.37. The molecule has 0 atom stereocenters. The second-order valence-electron chi connectivity index (χ2n) is 7.81. The van der Waals surface area contributed by atoms with Gasteiger partial charge in [0.2, 0.25) is 0 Å². The first-order valence-electron chi connectivity index (χ1n) is 10.7. The number of nitrogens with zero attached hydrogens (tertiary/aromatic N) is 1. The summed E-state index contributed by atoms with van der Waals surface area (Å²) in [7, 11) is 1.49. The number of carbonyl (C=O) groups excluding carboxylic acids is 1. The van der Waals surface area contributed by atoms with Crippen LogP contribution in [-0.4, -0.2) is 42.3 Å². The quantitative estimate of drug-likeness (QED) is 0.546. The summed E-state index contributed by atoms with van der Waals surface area (Å²) in [5, 5.41) is 8.83. The molecular weight excluding hydrogens is 441 g/mol. The monoisotopic (exact) mass is 465 g/mol. The van der Waals surface area contributed by atoms with E-state index in [1.165, 1.54) is 13.2 Å². The molecule has 4 rings (SSSR count). The lowest BCUT2D eigenvalue weighted by Gasteiger charge is -2.30. The van der Waals surface area contributed by atoms with Gasteiger partial charge in [-0.2, -0.15) is 0 Å². The Labute approximate surface area is 196 Å². The number of methoxy groups -OCH3 is 1. The highest BCUT2D eigenvalue weighted by atomic mass is 19.1. The van der Waals surface area contributed by atoms with Crippen molar-refractivity contribution in [2.75, 3.05) is 20.3 Å². The third kappa shape index (κ3) is 5.11. The van der Waals surface area contributed by atoms with Gasteiger partial charge < -0.3 is 24.2 Å². The summed E-state index contributed by atoms with van der Waals surface area (Å²) in [5.74, 6) is -0.628. The number of amides is 1. The van der Waals surface area contributed by atoms with Crippen molar-refractivity contribution in [3.8, 4) is 22.6 Å². The molecule has 1 aliphatic heterocycles. The molecule has 1 aliphatic rings. The molecule has 1 heterocycles. The van der Waals surface area contributed by atoms with E-state index in [9.17, 15) is 14.0 Å². The van der Waals surface area contributed by atoms with Crippen LogP contribution in [0, 0.1) is 5.82 Å². The summed E-state index contributed by atoms with van der Waals surface area (Å²) in [6.07, 6.45) is -0.105. The Bertz CT molecular complexity index is 1200. The number of hydrogen-bond acceptors (Lipinski definition) is 5. The highest BCUT2D eigenvalue weighted by Gasteiger charge is 2.27. The summed E-state index contributed by atoms with van der Waals surface area (Å²) in [6, 6.07) is 17.4. The second kappa shape index (κ2) is 10.2. The van der Waals surface area contributed by atoms with Crippen molar-refractivity contribution in [3.63, 3.8) is 0 Å². The van der Waals surface area contributed by atoms with Gasteiger partial charge in [0.05, 0.1) is 7.11 Å². The molecule has 0 saturated carbocycles. The van der Waals surface area contributed by atoms with Crippen molar-refractivity contribution in [2.45, 2.75) is 19.6 Å². The third-order valence-corrected chi connectivity index (χ3v) is 5.64. The second-order valence-corrected chi connectivity index (χ2v) is 7.81. The van der Waals surface area contributed by atoms with Crippen LogP contribution in [0.5, 0.6) is 11.5 Å². The molecular formula is C26H24FNO6. The lowest BCUT2D eigenvalue weighted by atomic mass is 9.90. The van der Waals surface area contributed by atoms with Crippen LogP contribution in [0.4, 0.5) is 9.18 Å². The summed E-state index contributed by atoms with van der Waals surface area (Å²) >= 11 is 0. The van der Waals surface area contributed by atoms with Crippen molar-refractivity contribution in [1.82, 2.24) is 4.90 Å². The van der Waals surface area contributed by atoms with E-state index < -0.39 is 18.7 Å². The first kappa shape index (κ1) is 23.1. The molecule has 0 spiro atoms. The van der Waals surface area contributed by atoms with Crippen LogP contribution in [0.25, 0.3) is 11.1 Å². The van der Waals surface area contributed by atoms with E-state index in [1.54, 1.807) is 29.2 Å². The van der Waals surface area contributed by atoms with Gasteiger partial charge in [0.1, 0.15) is 23.9 Å². The van der Waals surface area contributed by atoms with Crippen LogP contribution in [-0.2, 0) is 29.1 Å². The minimum absolute atomic E-state index is 0.157. The number of aliphatic carboxylic acids is 1. The maximum absolute atomic E-state index is 14.6. The molecule has 0 fully saturated rings. The van der Waals surface area contributed by atoms with E-state index in [-0.39, 0.29) is 19.0 Å². The van der Waals surface area contributed by atoms with Gasteiger partial charge in [-0.3, -0.25) is 0 Å². The molecule has 3 aromatic carbocycles. The molecule has 0 bridgehead atoms. The number of halogens is 1. The van der Waals surface area contributed by atoms with Crippen molar-refractivity contribution in [3.05, 3.63) is 83.2 Å². The van der Waals surface area contributed by atoms with Crippen molar-refractivity contribution >= 4 is 12.1 Å². The fourth-order valence-corrected chi connectivity index (χ4v) is 3.98. The maximum Gasteiger partial charge on any atom is 0.410 e. The summed E-state index contributed by atoms with van der Waals surface area (Å²) < 4.78 is 30.9. The Kier molecular flexibility index (Phi) is 6.96. The van der Waals surface area contributed by atoms with Gasteiger partial charge >= 0.3 is 12.1 Å². The van der Waals surface area contributed by atoms with Gasteiger partial charge in [-0.05, 0) is 46.9 Å². The van der Waals surface area contributed by atoms with Crippen LogP contribution in [0.3, 0.4) is 0 Å².